The second-order valence-corrected chi connectivity index (χ2v) is 4.42. The Morgan fingerprint density at radius 1 is 0.737 bits per heavy atom. The first-order valence-electron chi connectivity index (χ1n) is 6.32. The van der Waals surface area contributed by atoms with Crippen LogP contribution in [0, 0.1) is 0 Å². The second-order valence-electron chi connectivity index (χ2n) is 4.42. The summed E-state index contributed by atoms with van der Waals surface area (Å²) < 4.78 is 0. The standard InChI is InChI=1S/C17H15N.Y/c1-3-8-14(9-4-1)16-12-7-13-17(18-16)15-10-5-2-6-11-15;/h1-6,8-12H,7,13H2;. The van der Waals surface area contributed by atoms with Crippen LogP contribution in [0.4, 0.5) is 0 Å². The molecule has 91 valence electrons. The number of benzene rings is 2. The van der Waals surface area contributed by atoms with Crippen molar-refractivity contribution in [3.63, 3.8) is 0 Å². The van der Waals surface area contributed by atoms with Gasteiger partial charge in [-0.15, -0.1) is 0 Å². The van der Waals surface area contributed by atoms with Crippen molar-refractivity contribution in [1.82, 2.24) is 0 Å². The molecule has 1 aliphatic heterocycles. The molecule has 19 heavy (non-hydrogen) atoms. The molecule has 0 unspecified atom stereocenters. The first kappa shape index (κ1) is 14.4. The summed E-state index contributed by atoms with van der Waals surface area (Å²) in [5.74, 6) is 0. The van der Waals surface area contributed by atoms with E-state index in [1.54, 1.807) is 0 Å². The number of allylic oxidation sites excluding steroid dienone is 1. The number of aliphatic imine (C=N–C) groups is 1. The Hall–Kier alpha value is -1.05. The SMILES string of the molecule is C1=C(c2ccccc2)N=C(c2ccccc2)CC1.[Y]. The summed E-state index contributed by atoms with van der Waals surface area (Å²) in [6.07, 6.45) is 4.32. The molecule has 0 spiro atoms. The maximum atomic E-state index is 4.80. The Morgan fingerprint density at radius 2 is 1.32 bits per heavy atom. The minimum atomic E-state index is 0. The van der Waals surface area contributed by atoms with Gasteiger partial charge in [0, 0.05) is 38.4 Å². The van der Waals surface area contributed by atoms with Crippen LogP contribution >= 0.6 is 0 Å². The van der Waals surface area contributed by atoms with Crippen molar-refractivity contribution in [2.45, 2.75) is 12.8 Å². The summed E-state index contributed by atoms with van der Waals surface area (Å²) >= 11 is 0. The van der Waals surface area contributed by atoms with Crippen LogP contribution in [0.15, 0.2) is 71.7 Å². The van der Waals surface area contributed by atoms with E-state index in [0.29, 0.717) is 0 Å². The van der Waals surface area contributed by atoms with E-state index in [1.165, 1.54) is 16.8 Å². The predicted octanol–water partition coefficient (Wildman–Crippen LogP) is 4.31. The molecular weight excluding hydrogens is 307 g/mol. The zero-order chi connectivity index (χ0) is 12.2. The average Bonchev–Trinajstić information content (AvgIpc) is 2.49. The maximum Gasteiger partial charge on any atom is 0.0665 e. The van der Waals surface area contributed by atoms with Gasteiger partial charge in [0.1, 0.15) is 0 Å². The monoisotopic (exact) mass is 322 g/mol. The quantitative estimate of drug-likeness (QED) is 0.781. The molecule has 2 aromatic rings. The largest absolute Gasteiger partial charge is 0.253 e. The molecule has 0 N–H and O–H groups in total. The summed E-state index contributed by atoms with van der Waals surface area (Å²) in [5.41, 5.74) is 4.72. The second kappa shape index (κ2) is 6.93. The van der Waals surface area contributed by atoms with E-state index in [9.17, 15) is 0 Å². The number of nitrogens with zero attached hydrogens (tertiary/aromatic N) is 1. The van der Waals surface area contributed by atoms with Crippen LogP contribution in [0.25, 0.3) is 5.70 Å². The van der Waals surface area contributed by atoms with Gasteiger partial charge in [0.15, 0.2) is 0 Å². The Morgan fingerprint density at radius 3 is 1.95 bits per heavy atom. The third-order valence-corrected chi connectivity index (χ3v) is 3.15. The molecule has 0 aliphatic carbocycles. The molecule has 0 saturated carbocycles. The minimum Gasteiger partial charge on any atom is -0.253 e. The summed E-state index contributed by atoms with van der Waals surface area (Å²) in [4.78, 5) is 4.80. The molecule has 0 aromatic heterocycles. The van der Waals surface area contributed by atoms with Gasteiger partial charge < -0.3 is 0 Å². The van der Waals surface area contributed by atoms with Gasteiger partial charge in [-0.2, -0.15) is 0 Å². The topological polar surface area (TPSA) is 12.4 Å². The first-order chi connectivity index (χ1) is 8.93. The smallest absolute Gasteiger partial charge is 0.0665 e. The molecule has 1 heterocycles. The summed E-state index contributed by atoms with van der Waals surface area (Å²) in [5, 5.41) is 0. The van der Waals surface area contributed by atoms with Crippen LogP contribution in [-0.4, -0.2) is 5.71 Å². The molecular formula is C17H15NY. The molecule has 1 nitrogen and oxygen atoms in total. The van der Waals surface area contributed by atoms with Crippen molar-refractivity contribution in [1.29, 1.82) is 0 Å². The third kappa shape index (κ3) is 3.49. The summed E-state index contributed by atoms with van der Waals surface area (Å²) in [6.45, 7) is 0. The van der Waals surface area contributed by atoms with Gasteiger partial charge in [-0.3, -0.25) is 4.99 Å². The molecule has 2 aromatic carbocycles. The molecule has 1 aliphatic rings. The van der Waals surface area contributed by atoms with E-state index < -0.39 is 0 Å². The normalized spacial score (nSPS) is 14.1. The molecule has 0 bridgehead atoms. The molecule has 0 saturated heterocycles. The fourth-order valence-electron chi connectivity index (χ4n) is 2.22. The fourth-order valence-corrected chi connectivity index (χ4v) is 2.22. The van der Waals surface area contributed by atoms with E-state index >= 15 is 0 Å². The molecule has 0 amide bonds. The van der Waals surface area contributed by atoms with Crippen molar-refractivity contribution in [3.05, 3.63) is 77.9 Å². The van der Waals surface area contributed by atoms with Gasteiger partial charge in [0.25, 0.3) is 0 Å². The van der Waals surface area contributed by atoms with Gasteiger partial charge in [-0.25, -0.2) is 0 Å². The molecule has 2 heteroatoms. The maximum absolute atomic E-state index is 4.80. The Labute approximate surface area is 139 Å². The zero-order valence-electron chi connectivity index (χ0n) is 10.8. The minimum absolute atomic E-state index is 0. The van der Waals surface area contributed by atoms with Crippen molar-refractivity contribution in [2.24, 2.45) is 4.99 Å². The van der Waals surface area contributed by atoms with E-state index in [-0.39, 0.29) is 32.7 Å². The van der Waals surface area contributed by atoms with Crippen LogP contribution in [0.3, 0.4) is 0 Å². The van der Waals surface area contributed by atoms with Crippen molar-refractivity contribution < 1.29 is 32.7 Å². The van der Waals surface area contributed by atoms with E-state index in [2.05, 4.69) is 54.6 Å². The van der Waals surface area contributed by atoms with Crippen LogP contribution < -0.4 is 0 Å². The summed E-state index contributed by atoms with van der Waals surface area (Å²) in [6, 6.07) is 20.8. The van der Waals surface area contributed by atoms with Gasteiger partial charge >= 0.3 is 0 Å². The number of hydrogen-bond acceptors (Lipinski definition) is 1. The Kier molecular flexibility index (Phi) is 5.24. The molecule has 1 radical (unpaired) electrons. The Bertz CT molecular complexity index is 585. The van der Waals surface area contributed by atoms with E-state index in [4.69, 9.17) is 4.99 Å². The summed E-state index contributed by atoms with van der Waals surface area (Å²) in [7, 11) is 0. The molecule has 3 rings (SSSR count). The van der Waals surface area contributed by atoms with Crippen LogP contribution in [0.2, 0.25) is 0 Å². The van der Waals surface area contributed by atoms with Gasteiger partial charge in [0.2, 0.25) is 0 Å². The van der Waals surface area contributed by atoms with Crippen molar-refractivity contribution >= 4 is 11.4 Å². The van der Waals surface area contributed by atoms with Crippen molar-refractivity contribution in [2.75, 3.05) is 0 Å². The number of hydrogen-bond donors (Lipinski definition) is 0. The molecule has 0 fully saturated rings. The van der Waals surface area contributed by atoms with Gasteiger partial charge in [-0.1, -0.05) is 66.7 Å². The fraction of sp³-hybridized carbons (Fsp3) is 0.118. The van der Waals surface area contributed by atoms with E-state index in [0.717, 1.165) is 18.5 Å². The van der Waals surface area contributed by atoms with Crippen LogP contribution in [-0.2, 0) is 32.7 Å². The predicted molar refractivity (Wildman–Crippen MR) is 76.6 cm³/mol. The van der Waals surface area contributed by atoms with Gasteiger partial charge in [-0.05, 0) is 24.0 Å². The number of rotatable bonds is 2. The Balaban J connectivity index is 0.00000133. The van der Waals surface area contributed by atoms with Crippen LogP contribution in [0.5, 0.6) is 0 Å². The first-order valence-corrected chi connectivity index (χ1v) is 6.32. The molecule has 0 atom stereocenters. The van der Waals surface area contributed by atoms with Gasteiger partial charge in [0.05, 0.1) is 5.70 Å². The van der Waals surface area contributed by atoms with E-state index in [1.807, 2.05) is 12.1 Å². The third-order valence-electron chi connectivity index (χ3n) is 3.15. The van der Waals surface area contributed by atoms with Crippen molar-refractivity contribution in [3.8, 4) is 0 Å². The van der Waals surface area contributed by atoms with Crippen LogP contribution in [0.1, 0.15) is 24.0 Å². The zero-order valence-corrected chi connectivity index (χ0v) is 13.6. The average molecular weight is 322 g/mol.